The number of nitrogens with zero attached hydrogens (tertiary/aromatic N) is 1. The molecule has 2 unspecified atom stereocenters. The van der Waals surface area contributed by atoms with E-state index in [1.807, 2.05) is 0 Å². The van der Waals surface area contributed by atoms with Crippen LogP contribution >= 0.6 is 0 Å². The third-order valence-corrected chi connectivity index (χ3v) is 4.27. The molecule has 0 aliphatic heterocycles. The van der Waals surface area contributed by atoms with Gasteiger partial charge in [-0.3, -0.25) is 4.90 Å². The molecular formula is C16H36N2. The van der Waals surface area contributed by atoms with Gasteiger partial charge in [0.25, 0.3) is 0 Å². The van der Waals surface area contributed by atoms with E-state index in [1.165, 1.54) is 38.6 Å². The predicted octanol–water partition coefficient (Wildman–Crippen LogP) is 4.04. The first-order chi connectivity index (χ1) is 8.41. The van der Waals surface area contributed by atoms with Gasteiger partial charge in [0.15, 0.2) is 0 Å². The maximum Gasteiger partial charge on any atom is 0.0306 e. The lowest BCUT2D eigenvalue weighted by atomic mass is 9.88. The van der Waals surface area contributed by atoms with Gasteiger partial charge in [0.2, 0.25) is 0 Å². The van der Waals surface area contributed by atoms with Gasteiger partial charge in [0.05, 0.1) is 0 Å². The Bertz CT molecular complexity index is 203. The second-order valence-electron chi connectivity index (χ2n) is 6.44. The second-order valence-corrected chi connectivity index (χ2v) is 6.44. The summed E-state index contributed by atoms with van der Waals surface area (Å²) in [6.07, 6.45) is 6.24. The summed E-state index contributed by atoms with van der Waals surface area (Å²) in [6, 6.07) is 0.636. The normalized spacial score (nSPS) is 17.2. The van der Waals surface area contributed by atoms with E-state index < -0.39 is 0 Å². The first kappa shape index (κ1) is 17.9. The molecule has 0 aliphatic rings. The smallest absolute Gasteiger partial charge is 0.0306 e. The molecule has 0 aromatic carbocycles. The summed E-state index contributed by atoms with van der Waals surface area (Å²) in [5.41, 5.74) is 6.29. The van der Waals surface area contributed by atoms with Crippen molar-refractivity contribution in [3.63, 3.8) is 0 Å². The largest absolute Gasteiger partial charge is 0.329 e. The van der Waals surface area contributed by atoms with Gasteiger partial charge < -0.3 is 5.73 Å². The average molecular weight is 256 g/mol. The van der Waals surface area contributed by atoms with Gasteiger partial charge in [-0.15, -0.1) is 0 Å². The molecule has 0 heterocycles. The zero-order valence-electron chi connectivity index (χ0n) is 13.6. The average Bonchev–Trinajstić information content (AvgIpc) is 2.36. The molecule has 2 heteroatoms. The molecule has 0 spiro atoms. The lowest BCUT2D eigenvalue weighted by Gasteiger charge is -2.45. The minimum Gasteiger partial charge on any atom is -0.329 e. The van der Waals surface area contributed by atoms with E-state index in [0.29, 0.717) is 6.04 Å². The lowest BCUT2D eigenvalue weighted by molar-refractivity contribution is 0.0534. The van der Waals surface area contributed by atoms with Crippen LogP contribution in [-0.4, -0.2) is 29.6 Å². The first-order valence-electron chi connectivity index (χ1n) is 7.88. The van der Waals surface area contributed by atoms with Crippen LogP contribution in [0.2, 0.25) is 0 Å². The Balaban J connectivity index is 4.74. The molecule has 0 radical (unpaired) electrons. The van der Waals surface area contributed by atoms with Crippen LogP contribution < -0.4 is 5.73 Å². The molecular weight excluding hydrogens is 220 g/mol. The Hall–Kier alpha value is -0.0800. The van der Waals surface area contributed by atoms with Crippen molar-refractivity contribution in [2.24, 2.45) is 11.7 Å². The topological polar surface area (TPSA) is 29.3 Å². The van der Waals surface area contributed by atoms with Crippen LogP contribution in [0.1, 0.15) is 73.6 Å². The summed E-state index contributed by atoms with van der Waals surface area (Å²) in [7, 11) is 0. The van der Waals surface area contributed by atoms with E-state index in [4.69, 9.17) is 5.73 Å². The van der Waals surface area contributed by atoms with Crippen LogP contribution in [0.25, 0.3) is 0 Å². The van der Waals surface area contributed by atoms with Crippen LogP contribution in [0.5, 0.6) is 0 Å². The fourth-order valence-electron chi connectivity index (χ4n) is 2.53. The van der Waals surface area contributed by atoms with Crippen molar-refractivity contribution in [3.05, 3.63) is 0 Å². The summed E-state index contributed by atoms with van der Waals surface area (Å²) < 4.78 is 0. The molecule has 0 saturated heterocycles. The van der Waals surface area contributed by atoms with E-state index in [1.54, 1.807) is 0 Å². The highest BCUT2D eigenvalue weighted by molar-refractivity contribution is 4.90. The monoisotopic (exact) mass is 256 g/mol. The molecule has 110 valence electrons. The third-order valence-electron chi connectivity index (χ3n) is 4.27. The van der Waals surface area contributed by atoms with Gasteiger partial charge >= 0.3 is 0 Å². The fraction of sp³-hybridized carbons (Fsp3) is 1.00. The third kappa shape index (κ3) is 5.71. The zero-order valence-corrected chi connectivity index (χ0v) is 13.6. The molecule has 18 heavy (non-hydrogen) atoms. The Morgan fingerprint density at radius 2 is 1.78 bits per heavy atom. The highest BCUT2D eigenvalue weighted by atomic mass is 15.2. The Morgan fingerprint density at radius 1 is 1.17 bits per heavy atom. The molecule has 0 amide bonds. The molecule has 0 rings (SSSR count). The van der Waals surface area contributed by atoms with E-state index in [9.17, 15) is 0 Å². The Labute approximate surface area is 115 Å². The van der Waals surface area contributed by atoms with Crippen LogP contribution in [0.4, 0.5) is 0 Å². The maximum atomic E-state index is 6.12. The van der Waals surface area contributed by atoms with Crippen molar-refractivity contribution >= 4 is 0 Å². The molecule has 2 nitrogen and oxygen atoms in total. The second kappa shape index (κ2) is 8.92. The molecule has 0 bridgehead atoms. The van der Waals surface area contributed by atoms with Gasteiger partial charge in [0, 0.05) is 18.1 Å². The van der Waals surface area contributed by atoms with E-state index in [2.05, 4.69) is 46.4 Å². The van der Waals surface area contributed by atoms with Crippen molar-refractivity contribution in [1.82, 2.24) is 4.90 Å². The van der Waals surface area contributed by atoms with Gasteiger partial charge in [-0.05, 0) is 52.0 Å². The lowest BCUT2D eigenvalue weighted by Crippen LogP contribution is -2.55. The van der Waals surface area contributed by atoms with E-state index >= 15 is 0 Å². The van der Waals surface area contributed by atoms with Gasteiger partial charge in [0.1, 0.15) is 0 Å². The Morgan fingerprint density at radius 3 is 2.17 bits per heavy atom. The quantitative estimate of drug-likeness (QED) is 0.639. The summed E-state index contributed by atoms with van der Waals surface area (Å²) >= 11 is 0. The SMILES string of the molecule is CCCCN(C(C)CC)C(C)(CN)CCC(C)C. The van der Waals surface area contributed by atoms with Crippen LogP contribution in [0.15, 0.2) is 0 Å². The van der Waals surface area contributed by atoms with Crippen LogP contribution in [-0.2, 0) is 0 Å². The summed E-state index contributed by atoms with van der Waals surface area (Å²) in [6.45, 7) is 15.8. The molecule has 2 N–H and O–H groups in total. The minimum absolute atomic E-state index is 0.175. The fourth-order valence-corrected chi connectivity index (χ4v) is 2.53. The molecule has 0 aliphatic carbocycles. The number of hydrogen-bond donors (Lipinski definition) is 1. The van der Waals surface area contributed by atoms with Crippen molar-refractivity contribution < 1.29 is 0 Å². The molecule has 2 atom stereocenters. The number of unbranched alkanes of at least 4 members (excludes halogenated alkanes) is 1. The van der Waals surface area contributed by atoms with Gasteiger partial charge in [-0.2, -0.15) is 0 Å². The molecule has 0 aromatic rings. The highest BCUT2D eigenvalue weighted by Crippen LogP contribution is 2.26. The number of rotatable bonds is 10. The summed E-state index contributed by atoms with van der Waals surface area (Å²) in [4.78, 5) is 2.67. The van der Waals surface area contributed by atoms with Gasteiger partial charge in [-0.25, -0.2) is 0 Å². The van der Waals surface area contributed by atoms with Crippen LogP contribution in [0.3, 0.4) is 0 Å². The Kier molecular flexibility index (Phi) is 8.89. The highest BCUT2D eigenvalue weighted by Gasteiger charge is 2.32. The standard InChI is InChI=1S/C16H36N2/c1-7-9-12-18(15(5)8-2)16(6,13-17)11-10-14(3)4/h14-15H,7-13,17H2,1-6H3. The number of hydrogen-bond acceptors (Lipinski definition) is 2. The summed E-state index contributed by atoms with van der Waals surface area (Å²) in [5, 5.41) is 0. The maximum absolute atomic E-state index is 6.12. The minimum atomic E-state index is 0.175. The van der Waals surface area contributed by atoms with Crippen LogP contribution in [0, 0.1) is 5.92 Å². The number of nitrogens with two attached hydrogens (primary N) is 1. The van der Waals surface area contributed by atoms with Crippen molar-refractivity contribution in [2.45, 2.75) is 85.2 Å². The van der Waals surface area contributed by atoms with E-state index in [-0.39, 0.29) is 5.54 Å². The summed E-state index contributed by atoms with van der Waals surface area (Å²) in [5.74, 6) is 0.765. The molecule has 0 aromatic heterocycles. The zero-order chi connectivity index (χ0) is 14.2. The molecule has 0 saturated carbocycles. The first-order valence-corrected chi connectivity index (χ1v) is 7.88. The van der Waals surface area contributed by atoms with Crippen molar-refractivity contribution in [1.29, 1.82) is 0 Å². The van der Waals surface area contributed by atoms with E-state index in [0.717, 1.165) is 12.5 Å². The molecule has 0 fully saturated rings. The van der Waals surface area contributed by atoms with Crippen molar-refractivity contribution in [2.75, 3.05) is 13.1 Å². The van der Waals surface area contributed by atoms with Crippen molar-refractivity contribution in [3.8, 4) is 0 Å². The van der Waals surface area contributed by atoms with Gasteiger partial charge in [-0.1, -0.05) is 34.1 Å². The predicted molar refractivity (Wildman–Crippen MR) is 82.9 cm³/mol.